The number of rotatable bonds is 4. The van der Waals surface area contributed by atoms with Gasteiger partial charge in [-0.15, -0.1) is 0 Å². The predicted octanol–water partition coefficient (Wildman–Crippen LogP) is 2.04. The van der Waals surface area contributed by atoms with Crippen molar-refractivity contribution < 1.29 is 28.5 Å². The fourth-order valence-electron chi connectivity index (χ4n) is 2.41. The molecule has 6 heteroatoms. The van der Waals surface area contributed by atoms with Crippen molar-refractivity contribution in [2.24, 2.45) is 0 Å². The van der Waals surface area contributed by atoms with E-state index in [-0.39, 0.29) is 17.7 Å². The van der Waals surface area contributed by atoms with Crippen molar-refractivity contribution in [1.29, 1.82) is 0 Å². The molecule has 0 aromatic heterocycles. The Labute approximate surface area is 128 Å². The van der Waals surface area contributed by atoms with Crippen molar-refractivity contribution in [2.75, 3.05) is 21.3 Å². The van der Waals surface area contributed by atoms with Gasteiger partial charge in [-0.05, 0) is 17.5 Å². The fraction of sp³-hybridized carbons (Fsp3) is 0.375. The Hall–Kier alpha value is -2.50. The lowest BCUT2D eigenvalue weighted by molar-refractivity contribution is -0.139. The summed E-state index contributed by atoms with van der Waals surface area (Å²) in [6.07, 6.45) is 1.32. The number of methoxy groups -OCH3 is 3. The smallest absolute Gasteiger partial charge is 0.342 e. The van der Waals surface area contributed by atoms with Crippen molar-refractivity contribution in [1.82, 2.24) is 0 Å². The molecule has 0 atom stereocenters. The highest BCUT2D eigenvalue weighted by Crippen LogP contribution is 2.42. The minimum absolute atomic E-state index is 0.0501. The second-order valence-electron chi connectivity index (χ2n) is 4.82. The zero-order valence-electron chi connectivity index (χ0n) is 12.9. The largest absolute Gasteiger partial charge is 0.492 e. The van der Waals surface area contributed by atoms with E-state index in [2.05, 4.69) is 11.3 Å². The maximum Gasteiger partial charge on any atom is 0.342 e. The summed E-state index contributed by atoms with van der Waals surface area (Å²) in [5, 5.41) is 0. The van der Waals surface area contributed by atoms with Crippen LogP contribution in [0.1, 0.15) is 27.9 Å². The minimum Gasteiger partial charge on any atom is -0.492 e. The van der Waals surface area contributed by atoms with Gasteiger partial charge in [0.15, 0.2) is 11.5 Å². The number of hydrogen-bond donors (Lipinski definition) is 0. The molecule has 0 fully saturated rings. The van der Waals surface area contributed by atoms with E-state index in [1.807, 2.05) is 0 Å². The summed E-state index contributed by atoms with van der Waals surface area (Å²) in [7, 11) is 4.00. The topological polar surface area (TPSA) is 71.1 Å². The first-order valence-corrected chi connectivity index (χ1v) is 6.75. The third-order valence-corrected chi connectivity index (χ3v) is 3.47. The van der Waals surface area contributed by atoms with E-state index in [1.165, 1.54) is 21.3 Å². The molecular formula is C16H18O6. The first-order chi connectivity index (χ1) is 10.5. The van der Waals surface area contributed by atoms with Crippen LogP contribution < -0.4 is 9.47 Å². The van der Waals surface area contributed by atoms with Gasteiger partial charge in [-0.25, -0.2) is 4.79 Å². The first-order valence-electron chi connectivity index (χ1n) is 6.75. The van der Waals surface area contributed by atoms with Crippen molar-refractivity contribution in [3.05, 3.63) is 35.1 Å². The molecule has 1 heterocycles. The molecule has 0 saturated heterocycles. The van der Waals surface area contributed by atoms with Crippen LogP contribution in [-0.2, 0) is 27.1 Å². The van der Waals surface area contributed by atoms with Gasteiger partial charge in [-0.3, -0.25) is 4.79 Å². The van der Waals surface area contributed by atoms with Gasteiger partial charge < -0.3 is 18.9 Å². The molecule has 1 aliphatic heterocycles. The highest BCUT2D eigenvalue weighted by Gasteiger charge is 2.29. The van der Waals surface area contributed by atoms with Gasteiger partial charge in [0.05, 0.1) is 33.5 Å². The van der Waals surface area contributed by atoms with Crippen molar-refractivity contribution in [3.63, 3.8) is 0 Å². The summed E-state index contributed by atoms with van der Waals surface area (Å²) in [4.78, 5) is 23.7. The van der Waals surface area contributed by atoms with E-state index < -0.39 is 11.9 Å². The quantitative estimate of drug-likeness (QED) is 0.793. The van der Waals surface area contributed by atoms with Crippen molar-refractivity contribution >= 4 is 11.9 Å². The summed E-state index contributed by atoms with van der Waals surface area (Å²) < 4.78 is 20.5. The summed E-state index contributed by atoms with van der Waals surface area (Å²) in [5.41, 5.74) is 1.52. The highest BCUT2D eigenvalue weighted by atomic mass is 16.5. The Morgan fingerprint density at radius 1 is 1.23 bits per heavy atom. The molecule has 0 bridgehead atoms. The Kier molecular flexibility index (Phi) is 4.70. The number of esters is 2. The van der Waals surface area contributed by atoms with Gasteiger partial charge >= 0.3 is 11.9 Å². The van der Waals surface area contributed by atoms with E-state index in [9.17, 15) is 9.59 Å². The molecular weight excluding hydrogens is 288 g/mol. The lowest BCUT2D eigenvalue weighted by Gasteiger charge is -2.24. The standard InChI is InChI=1S/C16H18O6/c1-9-5-6-10-7-11(8-12(17)19-2)13(16(18)21-4)15(20-3)14(10)22-9/h7H,1,5-6,8H2,2-4H3. The van der Waals surface area contributed by atoms with Crippen molar-refractivity contribution in [2.45, 2.75) is 19.3 Å². The minimum atomic E-state index is -0.599. The van der Waals surface area contributed by atoms with Crippen LogP contribution in [0.3, 0.4) is 0 Å². The zero-order valence-corrected chi connectivity index (χ0v) is 12.9. The van der Waals surface area contributed by atoms with Crippen LogP contribution in [0.2, 0.25) is 0 Å². The van der Waals surface area contributed by atoms with Crippen LogP contribution in [0, 0.1) is 0 Å². The van der Waals surface area contributed by atoms with Crippen LogP contribution in [-0.4, -0.2) is 33.3 Å². The molecule has 0 spiro atoms. The number of aryl methyl sites for hydroxylation is 1. The zero-order chi connectivity index (χ0) is 16.3. The monoisotopic (exact) mass is 306 g/mol. The van der Waals surface area contributed by atoms with Crippen LogP contribution in [0.5, 0.6) is 11.5 Å². The van der Waals surface area contributed by atoms with Gasteiger partial charge in [0, 0.05) is 6.42 Å². The fourth-order valence-corrected chi connectivity index (χ4v) is 2.41. The molecule has 0 unspecified atom stereocenters. The third-order valence-electron chi connectivity index (χ3n) is 3.47. The second kappa shape index (κ2) is 6.51. The number of hydrogen-bond acceptors (Lipinski definition) is 6. The van der Waals surface area contributed by atoms with Crippen LogP contribution in [0.15, 0.2) is 18.4 Å². The number of carbonyl (C=O) groups is 2. The highest BCUT2D eigenvalue weighted by molar-refractivity contribution is 5.97. The summed E-state index contributed by atoms with van der Waals surface area (Å²) in [6.45, 7) is 3.80. The lowest BCUT2D eigenvalue weighted by atomic mass is 9.95. The maximum atomic E-state index is 12.1. The van der Waals surface area contributed by atoms with E-state index in [0.717, 1.165) is 5.56 Å². The second-order valence-corrected chi connectivity index (χ2v) is 4.82. The number of ether oxygens (including phenoxy) is 4. The molecule has 118 valence electrons. The molecule has 0 aliphatic carbocycles. The van der Waals surface area contributed by atoms with Crippen LogP contribution in [0.25, 0.3) is 0 Å². The average molecular weight is 306 g/mol. The van der Waals surface area contributed by atoms with Gasteiger partial charge in [0.25, 0.3) is 0 Å². The number of fused-ring (bicyclic) bond motifs is 1. The molecule has 0 saturated carbocycles. The first kappa shape index (κ1) is 15.9. The Balaban J connectivity index is 2.64. The van der Waals surface area contributed by atoms with Gasteiger partial charge in [-0.2, -0.15) is 0 Å². The predicted molar refractivity (Wildman–Crippen MR) is 78.1 cm³/mol. The average Bonchev–Trinajstić information content (AvgIpc) is 2.52. The molecule has 22 heavy (non-hydrogen) atoms. The molecule has 1 aliphatic rings. The van der Waals surface area contributed by atoms with E-state index in [0.29, 0.717) is 29.9 Å². The van der Waals surface area contributed by atoms with E-state index in [1.54, 1.807) is 6.07 Å². The maximum absolute atomic E-state index is 12.1. The SMILES string of the molecule is C=C1CCc2cc(CC(=O)OC)c(C(=O)OC)c(OC)c2O1. The number of allylic oxidation sites excluding steroid dienone is 1. The number of benzene rings is 1. The Morgan fingerprint density at radius 2 is 1.95 bits per heavy atom. The van der Waals surface area contributed by atoms with Crippen LogP contribution in [0.4, 0.5) is 0 Å². The molecule has 0 N–H and O–H groups in total. The lowest BCUT2D eigenvalue weighted by Crippen LogP contribution is -2.16. The Morgan fingerprint density at radius 3 is 2.55 bits per heavy atom. The summed E-state index contributed by atoms with van der Waals surface area (Å²) in [6, 6.07) is 1.76. The molecule has 0 amide bonds. The Bertz CT molecular complexity index is 632. The van der Waals surface area contributed by atoms with Gasteiger partial charge in [0.2, 0.25) is 0 Å². The summed E-state index contributed by atoms with van der Waals surface area (Å²) in [5.74, 6) is 0.255. The molecule has 2 rings (SSSR count). The normalized spacial score (nSPS) is 13.0. The third kappa shape index (κ3) is 2.90. The molecule has 6 nitrogen and oxygen atoms in total. The van der Waals surface area contributed by atoms with Gasteiger partial charge in [0.1, 0.15) is 5.56 Å². The molecule has 0 radical (unpaired) electrons. The number of carbonyl (C=O) groups excluding carboxylic acids is 2. The molecule has 1 aromatic rings. The van der Waals surface area contributed by atoms with Crippen molar-refractivity contribution in [3.8, 4) is 11.5 Å². The van der Waals surface area contributed by atoms with E-state index >= 15 is 0 Å². The molecule has 1 aromatic carbocycles. The van der Waals surface area contributed by atoms with Crippen LogP contribution >= 0.6 is 0 Å². The van der Waals surface area contributed by atoms with Gasteiger partial charge in [-0.1, -0.05) is 12.6 Å². The van der Waals surface area contributed by atoms with E-state index in [4.69, 9.17) is 14.2 Å². The summed E-state index contributed by atoms with van der Waals surface area (Å²) >= 11 is 0.